The van der Waals surface area contributed by atoms with E-state index in [9.17, 15) is 17.6 Å². The zero-order chi connectivity index (χ0) is 19.6. The van der Waals surface area contributed by atoms with E-state index in [1.54, 1.807) is 12.2 Å². The van der Waals surface area contributed by atoms with E-state index in [1.807, 2.05) is 0 Å². The van der Waals surface area contributed by atoms with Crippen LogP contribution in [0, 0.1) is 5.82 Å². The highest BCUT2D eigenvalue weighted by atomic mass is 35.5. The maximum Gasteiger partial charge on any atom is 0.416 e. The molecule has 0 fully saturated rings. The first-order valence-corrected chi connectivity index (χ1v) is 8.46. The highest BCUT2D eigenvalue weighted by molar-refractivity contribution is 6.31. The molecular weight excluding hydrogens is 384 g/mol. The van der Waals surface area contributed by atoms with Crippen LogP contribution in [0.15, 0.2) is 42.5 Å². The summed E-state index contributed by atoms with van der Waals surface area (Å²) in [6.07, 6.45) is -0.744. The zero-order valence-corrected chi connectivity index (χ0v) is 14.7. The second kappa shape index (κ2) is 7.70. The Balaban J connectivity index is 2.11. The quantitative estimate of drug-likeness (QED) is 0.593. The SMILES string of the molecule is OCC/C=C/c1nn(Cc2ccc(F)cc2Cl)c2cc(C(F)(F)F)ccc12. The molecule has 0 atom stereocenters. The third-order valence-corrected chi connectivity index (χ3v) is 4.37. The van der Waals surface area contributed by atoms with Gasteiger partial charge in [-0.25, -0.2) is 4.39 Å². The van der Waals surface area contributed by atoms with E-state index in [0.29, 0.717) is 23.1 Å². The molecule has 2 aromatic carbocycles. The third kappa shape index (κ3) is 4.31. The molecule has 0 bridgehead atoms. The third-order valence-electron chi connectivity index (χ3n) is 4.01. The Kier molecular flexibility index (Phi) is 5.53. The maximum atomic E-state index is 13.2. The largest absolute Gasteiger partial charge is 0.416 e. The molecule has 0 radical (unpaired) electrons. The van der Waals surface area contributed by atoms with Crippen molar-refractivity contribution in [3.05, 3.63) is 70.1 Å². The lowest BCUT2D eigenvalue weighted by atomic mass is 10.1. The summed E-state index contributed by atoms with van der Waals surface area (Å²) < 4.78 is 54.0. The number of benzene rings is 2. The van der Waals surface area contributed by atoms with Gasteiger partial charge in [0.05, 0.1) is 23.3 Å². The Bertz CT molecular complexity index is 995. The minimum atomic E-state index is -4.48. The van der Waals surface area contributed by atoms with Crippen molar-refractivity contribution in [1.82, 2.24) is 9.78 Å². The van der Waals surface area contributed by atoms with E-state index in [-0.39, 0.29) is 23.7 Å². The minimum Gasteiger partial charge on any atom is -0.396 e. The number of alkyl halides is 3. The van der Waals surface area contributed by atoms with Crippen LogP contribution in [0.25, 0.3) is 17.0 Å². The number of aliphatic hydroxyl groups is 1. The molecule has 1 N–H and O–H groups in total. The van der Waals surface area contributed by atoms with Crippen molar-refractivity contribution < 1.29 is 22.7 Å². The van der Waals surface area contributed by atoms with Crippen LogP contribution in [0.1, 0.15) is 23.2 Å². The van der Waals surface area contributed by atoms with Gasteiger partial charge in [-0.2, -0.15) is 18.3 Å². The predicted octanol–water partition coefficient (Wildman–Crippen LogP) is 5.29. The number of rotatable bonds is 5. The van der Waals surface area contributed by atoms with Crippen molar-refractivity contribution in [2.24, 2.45) is 0 Å². The Hall–Kier alpha value is -2.38. The molecule has 0 aliphatic rings. The van der Waals surface area contributed by atoms with Gasteiger partial charge in [-0.05, 0) is 48.4 Å². The predicted molar refractivity (Wildman–Crippen MR) is 96.0 cm³/mol. The highest BCUT2D eigenvalue weighted by Crippen LogP contribution is 2.33. The molecule has 0 saturated heterocycles. The van der Waals surface area contributed by atoms with Crippen LogP contribution >= 0.6 is 11.6 Å². The van der Waals surface area contributed by atoms with E-state index in [1.165, 1.54) is 22.9 Å². The van der Waals surface area contributed by atoms with E-state index in [2.05, 4.69) is 5.10 Å². The Morgan fingerprint density at radius 1 is 1.15 bits per heavy atom. The molecule has 0 aliphatic carbocycles. The molecule has 0 amide bonds. The van der Waals surface area contributed by atoms with Crippen LogP contribution in [0.5, 0.6) is 0 Å². The molecule has 0 unspecified atom stereocenters. The van der Waals surface area contributed by atoms with Gasteiger partial charge in [0.25, 0.3) is 0 Å². The summed E-state index contributed by atoms with van der Waals surface area (Å²) in [7, 11) is 0. The molecule has 3 rings (SSSR count). The molecule has 0 aliphatic heterocycles. The monoisotopic (exact) mass is 398 g/mol. The number of hydrogen-bond acceptors (Lipinski definition) is 2. The summed E-state index contributed by atoms with van der Waals surface area (Å²) in [5, 5.41) is 14.0. The van der Waals surface area contributed by atoms with Gasteiger partial charge in [0, 0.05) is 17.0 Å². The van der Waals surface area contributed by atoms with Crippen LogP contribution in [0.2, 0.25) is 5.02 Å². The number of aromatic nitrogens is 2. The first-order chi connectivity index (χ1) is 12.8. The van der Waals surface area contributed by atoms with Gasteiger partial charge >= 0.3 is 6.18 Å². The first kappa shape index (κ1) is 19.4. The van der Waals surface area contributed by atoms with Gasteiger partial charge in [-0.1, -0.05) is 23.7 Å². The summed E-state index contributed by atoms with van der Waals surface area (Å²) in [5.41, 5.74) is 0.511. The van der Waals surface area contributed by atoms with Gasteiger partial charge in [0.15, 0.2) is 0 Å². The van der Waals surface area contributed by atoms with Gasteiger partial charge < -0.3 is 5.11 Å². The topological polar surface area (TPSA) is 38.1 Å². The number of fused-ring (bicyclic) bond motifs is 1. The number of aliphatic hydroxyl groups excluding tert-OH is 1. The fraction of sp³-hybridized carbons (Fsp3) is 0.211. The first-order valence-electron chi connectivity index (χ1n) is 8.08. The second-order valence-corrected chi connectivity index (χ2v) is 6.33. The lowest BCUT2D eigenvalue weighted by Gasteiger charge is -2.09. The summed E-state index contributed by atoms with van der Waals surface area (Å²) in [5.74, 6) is -0.499. The lowest BCUT2D eigenvalue weighted by molar-refractivity contribution is -0.137. The lowest BCUT2D eigenvalue weighted by Crippen LogP contribution is -2.06. The van der Waals surface area contributed by atoms with Crippen LogP contribution in [0.3, 0.4) is 0 Å². The van der Waals surface area contributed by atoms with Gasteiger partial charge in [0.1, 0.15) is 5.82 Å². The average molecular weight is 399 g/mol. The van der Waals surface area contributed by atoms with E-state index >= 15 is 0 Å². The Morgan fingerprint density at radius 2 is 1.93 bits per heavy atom. The highest BCUT2D eigenvalue weighted by Gasteiger charge is 2.31. The van der Waals surface area contributed by atoms with Crippen LogP contribution in [-0.2, 0) is 12.7 Å². The van der Waals surface area contributed by atoms with Gasteiger partial charge in [0.2, 0.25) is 0 Å². The van der Waals surface area contributed by atoms with E-state index in [0.717, 1.165) is 18.2 Å². The van der Waals surface area contributed by atoms with E-state index in [4.69, 9.17) is 16.7 Å². The molecule has 8 heteroatoms. The smallest absolute Gasteiger partial charge is 0.396 e. The molecule has 27 heavy (non-hydrogen) atoms. The van der Waals surface area contributed by atoms with Crippen LogP contribution < -0.4 is 0 Å². The molecule has 3 nitrogen and oxygen atoms in total. The van der Waals surface area contributed by atoms with Gasteiger partial charge in [-0.15, -0.1) is 0 Å². The van der Waals surface area contributed by atoms with Crippen LogP contribution in [-0.4, -0.2) is 21.5 Å². The summed E-state index contributed by atoms with van der Waals surface area (Å²) in [6, 6.07) is 7.25. The minimum absolute atomic E-state index is 0.0431. The fourth-order valence-corrected chi connectivity index (χ4v) is 2.93. The van der Waals surface area contributed by atoms with Crippen molar-refractivity contribution in [3.8, 4) is 0 Å². The molecule has 0 spiro atoms. The number of nitrogens with zero attached hydrogens (tertiary/aromatic N) is 2. The maximum absolute atomic E-state index is 13.2. The molecule has 3 aromatic rings. The molecular formula is C19H15ClF4N2O. The zero-order valence-electron chi connectivity index (χ0n) is 14.0. The van der Waals surface area contributed by atoms with Crippen molar-refractivity contribution in [3.63, 3.8) is 0 Å². The summed E-state index contributed by atoms with van der Waals surface area (Å²) in [6.45, 7) is 0.0450. The van der Waals surface area contributed by atoms with Gasteiger partial charge in [-0.3, -0.25) is 4.68 Å². The molecule has 0 saturated carbocycles. The second-order valence-electron chi connectivity index (χ2n) is 5.92. The molecule has 1 heterocycles. The van der Waals surface area contributed by atoms with Crippen molar-refractivity contribution >= 4 is 28.6 Å². The van der Waals surface area contributed by atoms with E-state index < -0.39 is 17.6 Å². The average Bonchev–Trinajstić information content (AvgIpc) is 2.94. The summed E-state index contributed by atoms with van der Waals surface area (Å²) in [4.78, 5) is 0. The van der Waals surface area contributed by atoms with Crippen molar-refractivity contribution in [1.29, 1.82) is 0 Å². The molecule has 1 aromatic heterocycles. The number of halogens is 5. The normalized spacial score (nSPS) is 12.4. The summed E-state index contributed by atoms with van der Waals surface area (Å²) >= 11 is 6.04. The molecule has 142 valence electrons. The van der Waals surface area contributed by atoms with Crippen LogP contribution in [0.4, 0.5) is 17.6 Å². The Labute approximate surface area is 157 Å². The Morgan fingerprint density at radius 3 is 2.59 bits per heavy atom. The standard InChI is InChI=1S/C19H15ClF4N2O/c20-16-10-14(21)6-4-12(16)11-26-18-9-13(19(22,23)24)5-7-15(18)17(25-26)3-1-2-8-27/h1,3-7,9-10,27H,2,8,11H2/b3-1+. The number of hydrogen-bond donors (Lipinski definition) is 1. The van der Waals surface area contributed by atoms with Crippen molar-refractivity contribution in [2.45, 2.75) is 19.1 Å². The fourth-order valence-electron chi connectivity index (χ4n) is 2.70. The van der Waals surface area contributed by atoms with Crippen molar-refractivity contribution in [2.75, 3.05) is 6.61 Å².